The Morgan fingerprint density at radius 3 is 2.27 bits per heavy atom. The molecule has 2 fully saturated rings. The number of hydrogen-bond acceptors (Lipinski definition) is 7. The van der Waals surface area contributed by atoms with Crippen LogP contribution in [0.25, 0.3) is 0 Å². The van der Waals surface area contributed by atoms with Crippen LogP contribution in [0, 0.1) is 0 Å². The van der Waals surface area contributed by atoms with Gasteiger partial charge in [-0.25, -0.2) is 9.78 Å². The quantitative estimate of drug-likeness (QED) is 0.825. The van der Waals surface area contributed by atoms with Gasteiger partial charge in [-0.3, -0.25) is 4.90 Å². The Labute approximate surface area is 175 Å². The molecule has 9 nitrogen and oxygen atoms in total. The van der Waals surface area contributed by atoms with E-state index in [0.717, 1.165) is 62.8 Å². The molecule has 30 heavy (non-hydrogen) atoms. The summed E-state index contributed by atoms with van der Waals surface area (Å²) in [6.07, 6.45) is 2.61. The topological polar surface area (TPSA) is 83.1 Å². The molecule has 3 aliphatic rings. The lowest BCUT2D eigenvalue weighted by Gasteiger charge is -2.29. The average Bonchev–Trinajstić information content (AvgIpc) is 3.24. The van der Waals surface area contributed by atoms with E-state index in [1.54, 1.807) is 4.90 Å². The largest absolute Gasteiger partial charge is 0.378 e. The van der Waals surface area contributed by atoms with Gasteiger partial charge in [-0.05, 0) is 30.7 Å². The van der Waals surface area contributed by atoms with Crippen molar-refractivity contribution in [2.24, 2.45) is 0 Å². The zero-order valence-corrected chi connectivity index (χ0v) is 16.9. The van der Waals surface area contributed by atoms with Crippen LogP contribution in [-0.2, 0) is 15.9 Å². The minimum absolute atomic E-state index is 0.167. The summed E-state index contributed by atoms with van der Waals surface area (Å²) in [6.45, 7) is 6.76. The van der Waals surface area contributed by atoms with E-state index in [1.165, 1.54) is 0 Å². The molecule has 3 aliphatic heterocycles. The first kappa shape index (κ1) is 19.1. The van der Waals surface area contributed by atoms with Crippen LogP contribution in [0.4, 0.5) is 27.9 Å². The van der Waals surface area contributed by atoms with Crippen LogP contribution in [-0.4, -0.2) is 75.2 Å². The first-order chi connectivity index (χ1) is 14.8. The molecule has 0 atom stereocenters. The number of carbonyl (C=O) groups excluding carboxylic acids is 1. The highest BCUT2D eigenvalue weighted by atomic mass is 16.5. The van der Waals surface area contributed by atoms with E-state index in [9.17, 15) is 4.79 Å². The highest BCUT2D eigenvalue weighted by Crippen LogP contribution is 2.28. The summed E-state index contributed by atoms with van der Waals surface area (Å²) in [5.74, 6) is 1.36. The maximum Gasteiger partial charge on any atom is 0.327 e. The number of ether oxygens (including phenoxy) is 2. The number of rotatable bonds is 3. The van der Waals surface area contributed by atoms with E-state index in [4.69, 9.17) is 14.5 Å². The second-order valence-electron chi connectivity index (χ2n) is 7.60. The first-order valence-corrected chi connectivity index (χ1v) is 10.5. The molecule has 1 aromatic carbocycles. The number of anilines is 4. The number of urea groups is 1. The van der Waals surface area contributed by atoms with E-state index in [2.05, 4.69) is 20.1 Å². The number of nitrogens with zero attached hydrogens (tertiary/aromatic N) is 5. The zero-order valence-electron chi connectivity index (χ0n) is 16.9. The van der Waals surface area contributed by atoms with E-state index in [1.807, 2.05) is 30.5 Å². The number of hydrogen-bond donors (Lipinski definition) is 1. The van der Waals surface area contributed by atoms with Crippen LogP contribution >= 0.6 is 0 Å². The van der Waals surface area contributed by atoms with Gasteiger partial charge in [0.1, 0.15) is 5.82 Å². The molecule has 1 N–H and O–H groups in total. The van der Waals surface area contributed by atoms with E-state index in [-0.39, 0.29) is 6.03 Å². The third-order valence-electron chi connectivity index (χ3n) is 5.72. The molecule has 4 heterocycles. The minimum Gasteiger partial charge on any atom is -0.378 e. The van der Waals surface area contributed by atoms with Crippen molar-refractivity contribution in [3.63, 3.8) is 0 Å². The molecule has 0 bridgehead atoms. The lowest BCUT2D eigenvalue weighted by Crippen LogP contribution is -2.38. The second-order valence-corrected chi connectivity index (χ2v) is 7.60. The molecule has 1 aromatic heterocycles. The van der Waals surface area contributed by atoms with Crippen molar-refractivity contribution in [3.8, 4) is 0 Å². The van der Waals surface area contributed by atoms with Gasteiger partial charge in [-0.1, -0.05) is 0 Å². The third-order valence-corrected chi connectivity index (χ3v) is 5.72. The van der Waals surface area contributed by atoms with Crippen LogP contribution in [0.1, 0.15) is 5.56 Å². The Morgan fingerprint density at radius 2 is 1.57 bits per heavy atom. The second kappa shape index (κ2) is 8.45. The van der Waals surface area contributed by atoms with Gasteiger partial charge in [-0.15, -0.1) is 0 Å². The molecule has 0 aliphatic carbocycles. The highest BCUT2D eigenvalue weighted by Gasteiger charge is 2.28. The molecule has 0 saturated carbocycles. The van der Waals surface area contributed by atoms with Gasteiger partial charge >= 0.3 is 6.03 Å². The van der Waals surface area contributed by atoms with Crippen molar-refractivity contribution in [2.45, 2.75) is 6.42 Å². The fraction of sp³-hybridized carbons (Fsp3) is 0.476. The summed E-state index contributed by atoms with van der Waals surface area (Å²) >= 11 is 0. The van der Waals surface area contributed by atoms with Gasteiger partial charge in [0.25, 0.3) is 0 Å². The summed E-state index contributed by atoms with van der Waals surface area (Å²) in [5, 5.41) is 3.00. The monoisotopic (exact) mass is 410 g/mol. The molecule has 0 unspecified atom stereocenters. The maximum atomic E-state index is 12.9. The molecule has 0 radical (unpaired) electrons. The molecule has 5 rings (SSSR count). The van der Waals surface area contributed by atoms with Crippen molar-refractivity contribution in [3.05, 3.63) is 36.0 Å². The molecule has 2 amide bonds. The summed E-state index contributed by atoms with van der Waals surface area (Å²) < 4.78 is 10.8. The summed E-state index contributed by atoms with van der Waals surface area (Å²) in [4.78, 5) is 28.2. The maximum absolute atomic E-state index is 12.9. The predicted octanol–water partition coefficient (Wildman–Crippen LogP) is 1.74. The lowest BCUT2D eigenvalue weighted by atomic mass is 10.2. The van der Waals surface area contributed by atoms with E-state index in [0.29, 0.717) is 31.5 Å². The van der Waals surface area contributed by atoms with E-state index < -0.39 is 0 Å². The van der Waals surface area contributed by atoms with E-state index >= 15 is 0 Å². The van der Waals surface area contributed by atoms with Crippen molar-refractivity contribution in [1.29, 1.82) is 0 Å². The summed E-state index contributed by atoms with van der Waals surface area (Å²) in [7, 11) is 0. The Hall–Kier alpha value is -2.91. The van der Waals surface area contributed by atoms with Crippen LogP contribution in [0.3, 0.4) is 0 Å². The average molecular weight is 410 g/mol. The molecule has 9 heteroatoms. The van der Waals surface area contributed by atoms with Crippen molar-refractivity contribution < 1.29 is 14.3 Å². The Kier molecular flexibility index (Phi) is 5.37. The van der Waals surface area contributed by atoms with Crippen molar-refractivity contribution >= 4 is 29.2 Å². The van der Waals surface area contributed by atoms with Gasteiger partial charge < -0.3 is 24.6 Å². The van der Waals surface area contributed by atoms with Crippen molar-refractivity contribution in [2.75, 3.05) is 79.2 Å². The number of nitrogens with one attached hydrogen (secondary N) is 1. The molecular formula is C21H26N6O3. The molecule has 158 valence electrons. The van der Waals surface area contributed by atoms with Gasteiger partial charge in [-0.2, -0.15) is 4.98 Å². The number of fused-ring (bicyclic) bond motifs is 1. The fourth-order valence-corrected chi connectivity index (χ4v) is 4.02. The van der Waals surface area contributed by atoms with Crippen LogP contribution in [0.15, 0.2) is 30.5 Å². The lowest BCUT2D eigenvalue weighted by molar-refractivity contribution is 0.122. The molecule has 0 spiro atoms. The number of amides is 2. The summed E-state index contributed by atoms with van der Waals surface area (Å²) in [5.41, 5.74) is 2.92. The standard InChI is InChI=1S/C21H26N6O3/c28-21(23-17-1-3-18(4-2-17)25-7-11-29-12-8-25)27-6-5-16-15-22-20(24-19(16)27)26-9-13-30-14-10-26/h1-4,15H,5-14H2,(H,23,28). The van der Waals surface area contributed by atoms with Crippen LogP contribution in [0.2, 0.25) is 0 Å². The van der Waals surface area contributed by atoms with Crippen LogP contribution in [0.5, 0.6) is 0 Å². The normalized spacial score (nSPS) is 19.0. The zero-order chi connectivity index (χ0) is 20.3. The minimum atomic E-state index is -0.167. The van der Waals surface area contributed by atoms with Gasteiger partial charge in [0.15, 0.2) is 0 Å². The first-order valence-electron chi connectivity index (χ1n) is 10.5. The Morgan fingerprint density at radius 1 is 0.900 bits per heavy atom. The number of carbonyl (C=O) groups is 1. The van der Waals surface area contributed by atoms with Crippen LogP contribution < -0.4 is 20.0 Å². The molecule has 2 saturated heterocycles. The molecule has 2 aromatic rings. The number of benzene rings is 1. The SMILES string of the molecule is O=C(Nc1ccc(N2CCOCC2)cc1)N1CCc2cnc(N3CCOCC3)nc21. The van der Waals surface area contributed by atoms with Crippen molar-refractivity contribution in [1.82, 2.24) is 9.97 Å². The summed E-state index contributed by atoms with van der Waals surface area (Å²) in [6, 6.07) is 7.80. The Bertz CT molecular complexity index is 894. The Balaban J connectivity index is 1.27. The predicted molar refractivity (Wildman–Crippen MR) is 115 cm³/mol. The third kappa shape index (κ3) is 3.90. The fourth-order valence-electron chi connectivity index (χ4n) is 4.02. The van der Waals surface area contributed by atoms with Gasteiger partial charge in [0.2, 0.25) is 5.95 Å². The number of morpholine rings is 2. The van der Waals surface area contributed by atoms with Gasteiger partial charge in [0.05, 0.1) is 26.4 Å². The molecular weight excluding hydrogens is 384 g/mol. The smallest absolute Gasteiger partial charge is 0.327 e. The van der Waals surface area contributed by atoms with Gasteiger partial charge in [0, 0.05) is 55.9 Å². The number of aromatic nitrogens is 2. The highest BCUT2D eigenvalue weighted by molar-refractivity contribution is 6.02.